The van der Waals surface area contributed by atoms with Gasteiger partial charge in [0.2, 0.25) is 0 Å². The molecule has 0 amide bonds. The van der Waals surface area contributed by atoms with Crippen LogP contribution in [-0.4, -0.2) is 25.8 Å². The zero-order valence-electron chi connectivity index (χ0n) is 10.9. The number of rotatable bonds is 3. The Morgan fingerprint density at radius 2 is 2.25 bits per heavy atom. The minimum atomic E-state index is -0.999. The number of hydrogen-bond acceptors (Lipinski definition) is 5. The third-order valence-corrected chi connectivity index (χ3v) is 2.89. The van der Waals surface area contributed by atoms with Crippen molar-refractivity contribution < 1.29 is 14.3 Å². The quantitative estimate of drug-likeness (QED) is 0.760. The molecule has 2 heterocycles. The fourth-order valence-electron chi connectivity index (χ4n) is 1.95. The second-order valence-electron chi connectivity index (χ2n) is 4.43. The lowest BCUT2D eigenvalue weighted by atomic mass is 10.2. The number of carboxylic acid groups (broad SMARTS) is 1. The maximum absolute atomic E-state index is 10.9. The Morgan fingerprint density at radius 1 is 1.45 bits per heavy atom. The highest BCUT2D eigenvalue weighted by atomic mass is 16.4. The monoisotopic (exact) mass is 272 g/mol. The summed E-state index contributed by atoms with van der Waals surface area (Å²) in [7, 11) is 1.82. The van der Waals surface area contributed by atoms with Gasteiger partial charge < -0.3 is 14.8 Å². The number of nitrogens with one attached hydrogen (secondary N) is 1. The molecule has 3 rings (SSSR count). The van der Waals surface area contributed by atoms with Gasteiger partial charge in [0, 0.05) is 13.2 Å². The first kappa shape index (κ1) is 12.2. The Bertz CT molecular complexity index is 803. The van der Waals surface area contributed by atoms with E-state index in [-0.39, 0.29) is 5.56 Å². The van der Waals surface area contributed by atoms with Gasteiger partial charge in [0.15, 0.2) is 5.58 Å². The molecule has 0 aliphatic heterocycles. The number of fused-ring (bicyclic) bond motifs is 1. The van der Waals surface area contributed by atoms with E-state index in [1.807, 2.05) is 20.2 Å². The number of nitrogens with zero attached hydrogens (tertiary/aromatic N) is 3. The van der Waals surface area contributed by atoms with Crippen LogP contribution in [0.1, 0.15) is 16.1 Å². The number of anilines is 2. The van der Waals surface area contributed by atoms with Crippen LogP contribution in [0.2, 0.25) is 0 Å². The highest BCUT2D eigenvalue weighted by Crippen LogP contribution is 2.24. The summed E-state index contributed by atoms with van der Waals surface area (Å²) in [4.78, 5) is 15.2. The molecule has 3 aromatic rings. The Balaban J connectivity index is 1.96. The largest absolute Gasteiger partial charge is 0.478 e. The molecule has 7 heteroatoms. The molecule has 0 bridgehead atoms. The van der Waals surface area contributed by atoms with Crippen molar-refractivity contribution in [1.82, 2.24) is 14.8 Å². The van der Waals surface area contributed by atoms with Crippen molar-refractivity contribution >= 4 is 28.8 Å². The topological polar surface area (TPSA) is 93.2 Å². The van der Waals surface area contributed by atoms with Gasteiger partial charge in [-0.15, -0.1) is 0 Å². The van der Waals surface area contributed by atoms with Gasteiger partial charge in [-0.05, 0) is 25.1 Å². The molecular formula is C13H12N4O3. The van der Waals surface area contributed by atoms with Crippen molar-refractivity contribution in [3.63, 3.8) is 0 Å². The number of aryl methyl sites for hydroxylation is 2. The zero-order valence-corrected chi connectivity index (χ0v) is 10.9. The SMILES string of the molecule is Cc1nn(C)cc1Nc1nc2ccc(C(=O)O)cc2o1. The zero-order chi connectivity index (χ0) is 14.3. The lowest BCUT2D eigenvalue weighted by Crippen LogP contribution is -1.94. The maximum Gasteiger partial charge on any atom is 0.335 e. The number of aromatic carboxylic acids is 1. The summed E-state index contributed by atoms with van der Waals surface area (Å²) in [5.41, 5.74) is 2.80. The molecule has 0 spiro atoms. The van der Waals surface area contributed by atoms with Gasteiger partial charge in [0.1, 0.15) is 5.52 Å². The molecule has 20 heavy (non-hydrogen) atoms. The standard InChI is InChI=1S/C13H12N4O3/c1-7-10(6-17(2)16-7)15-13-14-9-4-3-8(12(18)19)5-11(9)20-13/h3-6H,1-2H3,(H,14,15)(H,18,19). The fraction of sp³-hybridized carbons (Fsp3) is 0.154. The van der Waals surface area contributed by atoms with E-state index in [0.717, 1.165) is 11.4 Å². The minimum absolute atomic E-state index is 0.165. The molecule has 2 aromatic heterocycles. The lowest BCUT2D eigenvalue weighted by Gasteiger charge is -1.96. The van der Waals surface area contributed by atoms with Crippen LogP contribution >= 0.6 is 0 Å². The van der Waals surface area contributed by atoms with Crippen LogP contribution in [0.15, 0.2) is 28.8 Å². The lowest BCUT2D eigenvalue weighted by molar-refractivity contribution is 0.0697. The minimum Gasteiger partial charge on any atom is -0.478 e. The third kappa shape index (κ3) is 2.09. The highest BCUT2D eigenvalue weighted by molar-refractivity contribution is 5.92. The van der Waals surface area contributed by atoms with Gasteiger partial charge in [0.05, 0.1) is 16.9 Å². The molecule has 0 aliphatic rings. The molecule has 0 unspecified atom stereocenters. The molecule has 0 saturated heterocycles. The van der Waals surface area contributed by atoms with E-state index in [1.165, 1.54) is 12.1 Å². The normalized spacial score (nSPS) is 10.9. The first-order chi connectivity index (χ1) is 9.52. The van der Waals surface area contributed by atoms with Crippen LogP contribution in [0.5, 0.6) is 0 Å². The molecule has 102 valence electrons. The van der Waals surface area contributed by atoms with E-state index in [4.69, 9.17) is 9.52 Å². The number of hydrogen-bond donors (Lipinski definition) is 2. The van der Waals surface area contributed by atoms with E-state index >= 15 is 0 Å². The predicted molar refractivity (Wildman–Crippen MR) is 72.2 cm³/mol. The molecule has 2 N–H and O–H groups in total. The summed E-state index contributed by atoms with van der Waals surface area (Å²) >= 11 is 0. The van der Waals surface area contributed by atoms with Crippen LogP contribution in [0.25, 0.3) is 11.1 Å². The Hall–Kier alpha value is -2.83. The second-order valence-corrected chi connectivity index (χ2v) is 4.43. The van der Waals surface area contributed by atoms with Gasteiger partial charge >= 0.3 is 5.97 Å². The van der Waals surface area contributed by atoms with Gasteiger partial charge in [0.25, 0.3) is 6.01 Å². The second kappa shape index (κ2) is 4.37. The molecule has 0 fully saturated rings. The van der Waals surface area contributed by atoms with E-state index in [0.29, 0.717) is 17.1 Å². The van der Waals surface area contributed by atoms with Gasteiger partial charge in [-0.3, -0.25) is 4.68 Å². The number of oxazole rings is 1. The van der Waals surface area contributed by atoms with Crippen molar-refractivity contribution in [1.29, 1.82) is 0 Å². The van der Waals surface area contributed by atoms with Crippen LogP contribution in [0.4, 0.5) is 11.7 Å². The number of carbonyl (C=O) groups is 1. The Labute approximate surface area is 113 Å². The van der Waals surface area contributed by atoms with Crippen LogP contribution in [0.3, 0.4) is 0 Å². The highest BCUT2D eigenvalue weighted by Gasteiger charge is 2.11. The number of aromatic nitrogens is 3. The van der Waals surface area contributed by atoms with Crippen LogP contribution in [-0.2, 0) is 7.05 Å². The third-order valence-electron chi connectivity index (χ3n) is 2.89. The molecular weight excluding hydrogens is 260 g/mol. The summed E-state index contributed by atoms with van der Waals surface area (Å²) in [5.74, 6) is -0.999. The molecule has 1 aromatic carbocycles. The Kier molecular flexibility index (Phi) is 2.67. The van der Waals surface area contributed by atoms with Gasteiger partial charge in [-0.1, -0.05) is 0 Å². The summed E-state index contributed by atoms with van der Waals surface area (Å²) < 4.78 is 7.19. The molecule has 0 saturated carbocycles. The summed E-state index contributed by atoms with van der Waals surface area (Å²) in [5, 5.41) is 16.2. The van der Waals surface area contributed by atoms with Crippen molar-refractivity contribution in [3.8, 4) is 0 Å². The van der Waals surface area contributed by atoms with E-state index in [2.05, 4.69) is 15.4 Å². The summed E-state index contributed by atoms with van der Waals surface area (Å²) in [6.45, 7) is 1.87. The van der Waals surface area contributed by atoms with E-state index in [1.54, 1.807) is 10.7 Å². The van der Waals surface area contributed by atoms with Gasteiger partial charge in [-0.25, -0.2) is 4.79 Å². The number of benzene rings is 1. The average Bonchev–Trinajstić information content (AvgIpc) is 2.91. The van der Waals surface area contributed by atoms with Crippen molar-refractivity contribution in [2.45, 2.75) is 6.92 Å². The smallest absolute Gasteiger partial charge is 0.335 e. The van der Waals surface area contributed by atoms with Crippen molar-refractivity contribution in [2.24, 2.45) is 7.05 Å². The molecule has 0 atom stereocenters. The molecule has 7 nitrogen and oxygen atoms in total. The first-order valence-corrected chi connectivity index (χ1v) is 5.94. The van der Waals surface area contributed by atoms with E-state index < -0.39 is 5.97 Å². The average molecular weight is 272 g/mol. The van der Waals surface area contributed by atoms with Crippen LogP contribution < -0.4 is 5.32 Å². The van der Waals surface area contributed by atoms with Crippen molar-refractivity contribution in [3.05, 3.63) is 35.7 Å². The fourth-order valence-corrected chi connectivity index (χ4v) is 1.95. The van der Waals surface area contributed by atoms with Gasteiger partial charge in [-0.2, -0.15) is 10.1 Å². The predicted octanol–water partition coefficient (Wildman–Crippen LogP) is 2.31. The first-order valence-electron chi connectivity index (χ1n) is 5.94. The summed E-state index contributed by atoms with van der Waals surface area (Å²) in [6.07, 6.45) is 1.81. The maximum atomic E-state index is 10.9. The van der Waals surface area contributed by atoms with Crippen molar-refractivity contribution in [2.75, 3.05) is 5.32 Å². The van der Waals surface area contributed by atoms with Crippen LogP contribution in [0, 0.1) is 6.92 Å². The summed E-state index contributed by atoms with van der Waals surface area (Å²) in [6, 6.07) is 4.86. The molecule has 0 aliphatic carbocycles. The number of carboxylic acids is 1. The Morgan fingerprint density at radius 3 is 2.90 bits per heavy atom. The molecule has 0 radical (unpaired) electrons. The van der Waals surface area contributed by atoms with E-state index in [9.17, 15) is 4.79 Å².